The first-order valence-corrected chi connectivity index (χ1v) is 9.27. The van der Waals surface area contributed by atoms with E-state index in [2.05, 4.69) is 12.3 Å². The van der Waals surface area contributed by atoms with Crippen molar-refractivity contribution >= 4 is 5.91 Å². The topological polar surface area (TPSA) is 41.6 Å². The highest BCUT2D eigenvalue weighted by atomic mass is 19.4. The molecule has 1 fully saturated rings. The van der Waals surface area contributed by atoms with Crippen LogP contribution in [0.1, 0.15) is 63.5 Å². The molecule has 0 aliphatic carbocycles. The van der Waals surface area contributed by atoms with Crippen molar-refractivity contribution in [3.63, 3.8) is 0 Å². The normalized spacial score (nSPS) is 16.5. The van der Waals surface area contributed by atoms with Crippen LogP contribution in [0.4, 0.5) is 13.2 Å². The van der Waals surface area contributed by atoms with Crippen molar-refractivity contribution in [1.82, 2.24) is 10.4 Å². The van der Waals surface area contributed by atoms with E-state index in [1.807, 2.05) is 0 Å². The molecule has 1 aliphatic rings. The number of alkyl halides is 3. The maximum atomic E-state index is 13.4. The number of hydrazine groups is 1. The average molecular weight is 372 g/mol. The van der Waals surface area contributed by atoms with Gasteiger partial charge in [-0.15, -0.1) is 0 Å². The Hall–Kier alpha value is -1.76. The fourth-order valence-corrected chi connectivity index (χ4v) is 3.05. The molecule has 1 aliphatic heterocycles. The van der Waals surface area contributed by atoms with Crippen LogP contribution in [0.5, 0.6) is 5.75 Å². The Kier molecular flexibility index (Phi) is 7.75. The van der Waals surface area contributed by atoms with E-state index in [1.54, 1.807) is 12.1 Å². The molecule has 0 bridgehead atoms. The van der Waals surface area contributed by atoms with Gasteiger partial charge in [-0.1, -0.05) is 51.2 Å². The van der Waals surface area contributed by atoms with E-state index < -0.39 is 18.1 Å². The summed E-state index contributed by atoms with van der Waals surface area (Å²) in [7, 11) is 0. The molecule has 1 atom stereocenters. The molecule has 0 spiro atoms. The van der Waals surface area contributed by atoms with Crippen molar-refractivity contribution in [3.05, 3.63) is 29.8 Å². The zero-order chi connectivity index (χ0) is 19.0. The van der Waals surface area contributed by atoms with Gasteiger partial charge in [-0.2, -0.15) is 13.2 Å². The highest BCUT2D eigenvalue weighted by molar-refractivity contribution is 5.77. The van der Waals surface area contributed by atoms with E-state index in [4.69, 9.17) is 4.74 Å². The number of hydrogen-bond acceptors (Lipinski definition) is 3. The third-order valence-corrected chi connectivity index (χ3v) is 4.43. The first-order valence-electron chi connectivity index (χ1n) is 9.27. The second kappa shape index (κ2) is 9.80. The van der Waals surface area contributed by atoms with Crippen LogP contribution in [-0.2, 0) is 4.79 Å². The first kappa shape index (κ1) is 20.6. The van der Waals surface area contributed by atoms with E-state index in [0.717, 1.165) is 17.9 Å². The van der Waals surface area contributed by atoms with Crippen LogP contribution in [-0.4, -0.2) is 30.2 Å². The van der Waals surface area contributed by atoms with Crippen LogP contribution in [0.25, 0.3) is 0 Å². The summed E-state index contributed by atoms with van der Waals surface area (Å²) in [6, 6.07) is 4.10. The molecule has 1 saturated heterocycles. The molecule has 4 nitrogen and oxygen atoms in total. The van der Waals surface area contributed by atoms with E-state index in [9.17, 15) is 18.0 Å². The van der Waals surface area contributed by atoms with Gasteiger partial charge in [-0.05, 0) is 24.1 Å². The van der Waals surface area contributed by atoms with Crippen molar-refractivity contribution < 1.29 is 22.7 Å². The molecule has 1 aromatic carbocycles. The summed E-state index contributed by atoms with van der Waals surface area (Å²) < 4.78 is 45.9. The zero-order valence-electron chi connectivity index (χ0n) is 15.1. The summed E-state index contributed by atoms with van der Waals surface area (Å²) in [5.41, 5.74) is 2.37. The van der Waals surface area contributed by atoms with Crippen molar-refractivity contribution in [2.24, 2.45) is 0 Å². The maximum absolute atomic E-state index is 13.4. The number of unbranched alkanes of at least 4 members (excludes halogenated alkanes) is 5. The minimum Gasteiger partial charge on any atom is -0.494 e. The van der Waals surface area contributed by atoms with Crippen LogP contribution in [0, 0.1) is 0 Å². The lowest BCUT2D eigenvalue weighted by Gasteiger charge is -2.29. The van der Waals surface area contributed by atoms with E-state index in [-0.39, 0.29) is 18.5 Å². The number of amides is 1. The molecule has 0 radical (unpaired) electrons. The molecule has 1 heterocycles. The molecule has 1 amide bonds. The largest absolute Gasteiger partial charge is 0.494 e. The minimum atomic E-state index is -4.47. The highest BCUT2D eigenvalue weighted by Gasteiger charge is 2.46. The molecule has 26 heavy (non-hydrogen) atoms. The SMILES string of the molecule is CCCCCCCCOc1ccc(C(N2CCC(=O)N2)C(F)(F)F)cc1. The Morgan fingerprint density at radius 3 is 2.35 bits per heavy atom. The number of nitrogens with zero attached hydrogens (tertiary/aromatic N) is 1. The number of benzene rings is 1. The molecular formula is C19H27F3N2O2. The Morgan fingerprint density at radius 2 is 1.77 bits per heavy atom. The van der Waals surface area contributed by atoms with Crippen LogP contribution in [0.2, 0.25) is 0 Å². The number of ether oxygens (including phenoxy) is 1. The lowest BCUT2D eigenvalue weighted by Crippen LogP contribution is -2.43. The van der Waals surface area contributed by atoms with Crippen molar-refractivity contribution in [3.8, 4) is 5.75 Å². The zero-order valence-corrected chi connectivity index (χ0v) is 15.1. The van der Waals surface area contributed by atoms with Gasteiger partial charge < -0.3 is 4.74 Å². The predicted molar refractivity (Wildman–Crippen MR) is 93.6 cm³/mol. The van der Waals surface area contributed by atoms with Crippen molar-refractivity contribution in [2.75, 3.05) is 13.2 Å². The first-order chi connectivity index (χ1) is 12.4. The second-order valence-electron chi connectivity index (χ2n) is 6.61. The Morgan fingerprint density at radius 1 is 1.12 bits per heavy atom. The monoisotopic (exact) mass is 372 g/mol. The second-order valence-corrected chi connectivity index (χ2v) is 6.61. The number of nitrogens with one attached hydrogen (secondary N) is 1. The Labute approximate surface area is 152 Å². The molecule has 0 aromatic heterocycles. The average Bonchev–Trinajstić information content (AvgIpc) is 3.00. The summed E-state index contributed by atoms with van der Waals surface area (Å²) in [6.07, 6.45) is 2.52. The highest BCUT2D eigenvalue weighted by Crippen LogP contribution is 2.38. The third-order valence-electron chi connectivity index (χ3n) is 4.43. The fraction of sp³-hybridized carbons (Fsp3) is 0.632. The molecule has 0 saturated carbocycles. The van der Waals surface area contributed by atoms with Crippen LogP contribution >= 0.6 is 0 Å². The summed E-state index contributed by atoms with van der Waals surface area (Å²) in [5, 5.41) is 0.953. The number of carbonyl (C=O) groups is 1. The quantitative estimate of drug-likeness (QED) is 0.602. The Bertz CT molecular complexity index is 561. The third kappa shape index (κ3) is 6.20. The van der Waals surface area contributed by atoms with E-state index in [1.165, 1.54) is 37.8 Å². The van der Waals surface area contributed by atoms with Crippen molar-refractivity contribution in [2.45, 2.75) is 64.1 Å². The van der Waals surface area contributed by atoms with Crippen LogP contribution in [0.3, 0.4) is 0 Å². The number of hydrogen-bond donors (Lipinski definition) is 1. The molecule has 1 N–H and O–H groups in total. The molecule has 1 unspecified atom stereocenters. The molecular weight excluding hydrogens is 345 g/mol. The van der Waals surface area contributed by atoms with Crippen LogP contribution in [0.15, 0.2) is 24.3 Å². The van der Waals surface area contributed by atoms with Gasteiger partial charge in [0.1, 0.15) is 11.8 Å². The summed E-state index contributed by atoms with van der Waals surface area (Å²) in [5.74, 6) is 0.173. The lowest BCUT2D eigenvalue weighted by molar-refractivity contribution is -0.191. The molecule has 7 heteroatoms. The van der Waals surface area contributed by atoms with Gasteiger partial charge in [0.2, 0.25) is 5.91 Å². The lowest BCUT2D eigenvalue weighted by atomic mass is 10.1. The fourth-order valence-electron chi connectivity index (χ4n) is 3.05. The van der Waals surface area contributed by atoms with E-state index >= 15 is 0 Å². The van der Waals surface area contributed by atoms with Gasteiger partial charge in [0.05, 0.1) is 6.61 Å². The van der Waals surface area contributed by atoms with Crippen molar-refractivity contribution in [1.29, 1.82) is 0 Å². The summed E-state index contributed by atoms with van der Waals surface area (Å²) >= 11 is 0. The molecule has 1 aromatic rings. The molecule has 2 rings (SSSR count). The van der Waals surface area contributed by atoms with Gasteiger partial charge in [-0.25, -0.2) is 5.01 Å². The number of halogens is 3. The van der Waals surface area contributed by atoms with Gasteiger partial charge in [-0.3, -0.25) is 10.2 Å². The minimum absolute atomic E-state index is 0.0410. The molecule has 146 valence electrons. The Balaban J connectivity index is 1.87. The van der Waals surface area contributed by atoms with Gasteiger partial charge >= 0.3 is 6.18 Å². The maximum Gasteiger partial charge on any atom is 0.409 e. The van der Waals surface area contributed by atoms with E-state index in [0.29, 0.717) is 12.4 Å². The number of carbonyl (C=O) groups excluding carboxylic acids is 1. The summed E-state index contributed by atoms with van der Waals surface area (Å²) in [4.78, 5) is 11.3. The van der Waals surface area contributed by atoms with Gasteiger partial charge in [0.15, 0.2) is 0 Å². The standard InChI is InChI=1S/C19H27F3N2O2/c1-2-3-4-5-6-7-14-26-16-10-8-15(9-11-16)18(19(20,21)22)24-13-12-17(25)23-24/h8-11,18H,2-7,12-14H2,1H3,(H,23,25). The predicted octanol–water partition coefficient (Wildman–Crippen LogP) is 4.77. The smallest absolute Gasteiger partial charge is 0.409 e. The number of rotatable bonds is 10. The van der Waals surface area contributed by atoms with Gasteiger partial charge in [0.25, 0.3) is 0 Å². The van der Waals surface area contributed by atoms with Gasteiger partial charge in [0, 0.05) is 13.0 Å². The van der Waals surface area contributed by atoms with Crippen LogP contribution < -0.4 is 10.2 Å². The summed E-state index contributed by atoms with van der Waals surface area (Å²) in [6.45, 7) is 2.78.